The lowest BCUT2D eigenvalue weighted by Crippen LogP contribution is -2.05. The average Bonchev–Trinajstić information content (AvgIpc) is 2.25. The number of hydrogen-bond acceptors (Lipinski definition) is 3. The lowest BCUT2D eigenvalue weighted by molar-refractivity contribution is -0.135. The van der Waals surface area contributed by atoms with E-state index >= 15 is 0 Å². The Balaban J connectivity index is 2.78. The quantitative estimate of drug-likeness (QED) is 0.822. The molecule has 0 spiro atoms. The van der Waals surface area contributed by atoms with E-state index in [1.54, 1.807) is 12.1 Å². The third kappa shape index (κ3) is 4.29. The zero-order chi connectivity index (χ0) is 12.9. The van der Waals surface area contributed by atoms with Crippen molar-refractivity contribution in [3.8, 4) is 11.8 Å². The third-order valence-corrected chi connectivity index (χ3v) is 3.52. The summed E-state index contributed by atoms with van der Waals surface area (Å²) in [6, 6.07) is 6.45. The highest BCUT2D eigenvalue weighted by atomic mass is 32.2. The molecule has 0 aromatic heterocycles. The first-order chi connectivity index (χ1) is 7.92. The van der Waals surface area contributed by atoms with Gasteiger partial charge in [-0.15, -0.1) is 0 Å². The molecule has 1 N–H and O–H groups in total. The van der Waals surface area contributed by atoms with E-state index in [2.05, 4.69) is 11.8 Å². The third-order valence-electron chi connectivity index (χ3n) is 2.01. The van der Waals surface area contributed by atoms with Gasteiger partial charge in [0.1, 0.15) is 12.2 Å². The Bertz CT molecular complexity index is 559. The highest BCUT2D eigenvalue weighted by Crippen LogP contribution is 2.11. The van der Waals surface area contributed by atoms with Crippen molar-refractivity contribution in [3.63, 3.8) is 0 Å². The van der Waals surface area contributed by atoms with Gasteiger partial charge in [-0.1, -0.05) is 29.5 Å². The second-order valence-corrected chi connectivity index (χ2v) is 5.49. The van der Waals surface area contributed by atoms with E-state index in [1.165, 1.54) is 12.1 Å². The lowest BCUT2D eigenvalue weighted by Gasteiger charge is -2.00. The molecule has 0 saturated heterocycles. The van der Waals surface area contributed by atoms with Gasteiger partial charge in [-0.2, -0.15) is 0 Å². The molecule has 90 valence electrons. The van der Waals surface area contributed by atoms with Crippen LogP contribution in [0.2, 0.25) is 0 Å². The fraction of sp³-hybridized carbons (Fsp3) is 0.250. The van der Waals surface area contributed by atoms with Crippen molar-refractivity contribution in [3.05, 3.63) is 29.8 Å². The minimum Gasteiger partial charge on any atom is -0.481 e. The molecule has 4 nitrogen and oxygen atoms in total. The summed E-state index contributed by atoms with van der Waals surface area (Å²) >= 11 is 0. The molecule has 0 amide bonds. The first kappa shape index (κ1) is 13.3. The van der Waals surface area contributed by atoms with Gasteiger partial charge in [0, 0.05) is 0 Å². The molecular weight excluding hydrogens is 240 g/mol. The minimum atomic E-state index is -3.44. The second-order valence-electron chi connectivity index (χ2n) is 3.50. The summed E-state index contributed by atoms with van der Waals surface area (Å²) in [7, 11) is -3.44. The van der Waals surface area contributed by atoms with Crippen molar-refractivity contribution >= 4 is 15.8 Å². The average molecular weight is 252 g/mol. The summed E-state index contributed by atoms with van der Waals surface area (Å²) in [5.74, 6) is 3.22. The Kier molecular flexibility index (Phi) is 4.30. The largest absolute Gasteiger partial charge is 0.481 e. The number of carbonyl (C=O) groups is 1. The predicted octanol–water partition coefficient (Wildman–Crippen LogP) is 1.25. The summed E-state index contributed by atoms with van der Waals surface area (Å²) in [5.41, 5.74) is 0.973. The van der Waals surface area contributed by atoms with E-state index in [1.807, 2.05) is 6.92 Å². The molecule has 17 heavy (non-hydrogen) atoms. The van der Waals surface area contributed by atoms with Gasteiger partial charge in [-0.3, -0.25) is 4.79 Å². The fourth-order valence-electron chi connectivity index (χ4n) is 1.11. The number of aryl methyl sites for hydroxylation is 1. The molecule has 0 bridgehead atoms. The Morgan fingerprint density at radius 3 is 2.35 bits per heavy atom. The monoisotopic (exact) mass is 252 g/mol. The lowest BCUT2D eigenvalue weighted by atomic mass is 10.2. The van der Waals surface area contributed by atoms with E-state index < -0.39 is 15.8 Å². The number of aliphatic carboxylic acids is 1. The van der Waals surface area contributed by atoms with Gasteiger partial charge in [0.15, 0.2) is 9.84 Å². The molecule has 1 aromatic rings. The van der Waals surface area contributed by atoms with Crippen LogP contribution in [0.25, 0.3) is 0 Å². The number of hydrogen-bond donors (Lipinski definition) is 1. The van der Waals surface area contributed by atoms with Gasteiger partial charge in [-0.25, -0.2) is 8.42 Å². The zero-order valence-corrected chi connectivity index (χ0v) is 10.1. The highest BCUT2D eigenvalue weighted by Gasteiger charge is 2.11. The molecule has 0 heterocycles. The van der Waals surface area contributed by atoms with Crippen molar-refractivity contribution in [2.75, 3.05) is 5.75 Å². The van der Waals surface area contributed by atoms with E-state index in [0.717, 1.165) is 5.56 Å². The molecule has 0 aliphatic carbocycles. The van der Waals surface area contributed by atoms with Crippen LogP contribution in [-0.4, -0.2) is 25.2 Å². The van der Waals surface area contributed by atoms with E-state index in [-0.39, 0.29) is 17.1 Å². The molecule has 0 fully saturated rings. The molecule has 0 atom stereocenters. The minimum absolute atomic E-state index is 0.202. The van der Waals surface area contributed by atoms with Crippen molar-refractivity contribution < 1.29 is 18.3 Å². The van der Waals surface area contributed by atoms with Crippen LogP contribution in [0.5, 0.6) is 0 Å². The number of carboxylic acid groups (broad SMARTS) is 1. The Hall–Kier alpha value is -1.80. The molecule has 1 rings (SSSR count). The van der Waals surface area contributed by atoms with Gasteiger partial charge in [0.2, 0.25) is 0 Å². The van der Waals surface area contributed by atoms with Gasteiger partial charge in [0.25, 0.3) is 0 Å². The molecule has 1 aromatic carbocycles. The molecule has 0 saturated carbocycles. The van der Waals surface area contributed by atoms with Crippen molar-refractivity contribution in [2.45, 2.75) is 18.2 Å². The normalized spacial score (nSPS) is 10.4. The van der Waals surface area contributed by atoms with E-state index in [0.29, 0.717) is 0 Å². The molecule has 0 radical (unpaired) electrons. The number of benzene rings is 1. The van der Waals surface area contributed by atoms with E-state index in [4.69, 9.17) is 5.11 Å². The van der Waals surface area contributed by atoms with Gasteiger partial charge in [0.05, 0.1) is 4.90 Å². The van der Waals surface area contributed by atoms with Crippen LogP contribution in [0.1, 0.15) is 12.0 Å². The smallest absolute Gasteiger partial charge is 0.315 e. The second kappa shape index (κ2) is 5.51. The highest BCUT2D eigenvalue weighted by molar-refractivity contribution is 7.91. The van der Waals surface area contributed by atoms with Crippen LogP contribution >= 0.6 is 0 Å². The molecule has 0 aliphatic heterocycles. The fourth-order valence-corrected chi connectivity index (χ4v) is 2.12. The van der Waals surface area contributed by atoms with Crippen LogP contribution in [0, 0.1) is 18.8 Å². The summed E-state index contributed by atoms with van der Waals surface area (Å²) in [6.07, 6.45) is -0.344. The van der Waals surface area contributed by atoms with Crippen LogP contribution in [0.4, 0.5) is 0 Å². The number of rotatable bonds is 3. The maximum atomic E-state index is 11.7. The van der Waals surface area contributed by atoms with Crippen LogP contribution in [0.3, 0.4) is 0 Å². The van der Waals surface area contributed by atoms with Gasteiger partial charge >= 0.3 is 5.97 Å². The predicted molar refractivity (Wildman–Crippen MR) is 63.3 cm³/mol. The molecular formula is C12H12O4S. The summed E-state index contributed by atoms with van der Waals surface area (Å²) in [6.45, 7) is 1.86. The standard InChI is InChI=1S/C12H12O4S/c1-10-5-7-11(8-6-10)17(15,16)9-3-2-4-12(13)14/h5-8H,4,9H2,1H3,(H,13,14). The van der Waals surface area contributed by atoms with Crippen molar-refractivity contribution in [1.82, 2.24) is 0 Å². The molecule has 0 aliphatic rings. The molecule has 5 heteroatoms. The topological polar surface area (TPSA) is 71.4 Å². The maximum absolute atomic E-state index is 11.7. The number of sulfone groups is 1. The Morgan fingerprint density at radius 1 is 1.24 bits per heavy atom. The SMILES string of the molecule is Cc1ccc(S(=O)(=O)CC#CCC(=O)O)cc1. The molecule has 0 unspecified atom stereocenters. The first-order valence-corrected chi connectivity index (χ1v) is 6.54. The summed E-state index contributed by atoms with van der Waals surface area (Å²) in [4.78, 5) is 10.4. The number of carboxylic acids is 1. The zero-order valence-electron chi connectivity index (χ0n) is 9.30. The first-order valence-electron chi connectivity index (χ1n) is 4.89. The van der Waals surface area contributed by atoms with Gasteiger partial charge in [-0.05, 0) is 19.1 Å². The Morgan fingerprint density at radius 2 is 1.82 bits per heavy atom. The van der Waals surface area contributed by atoms with Crippen molar-refractivity contribution in [2.24, 2.45) is 0 Å². The van der Waals surface area contributed by atoms with Crippen LogP contribution in [0.15, 0.2) is 29.2 Å². The van der Waals surface area contributed by atoms with E-state index in [9.17, 15) is 13.2 Å². The van der Waals surface area contributed by atoms with Crippen LogP contribution < -0.4 is 0 Å². The summed E-state index contributed by atoms with van der Waals surface area (Å²) in [5, 5.41) is 8.34. The Labute approximate surface area is 100 Å². The van der Waals surface area contributed by atoms with Crippen molar-refractivity contribution in [1.29, 1.82) is 0 Å². The summed E-state index contributed by atoms with van der Waals surface area (Å²) < 4.78 is 23.5. The maximum Gasteiger partial charge on any atom is 0.315 e. The van der Waals surface area contributed by atoms with Gasteiger partial charge < -0.3 is 5.11 Å². The van der Waals surface area contributed by atoms with Crippen LogP contribution in [-0.2, 0) is 14.6 Å².